The molecule has 6 nitrogen and oxygen atoms in total. The van der Waals surface area contributed by atoms with Crippen LogP contribution in [0.3, 0.4) is 0 Å². The summed E-state index contributed by atoms with van der Waals surface area (Å²) in [5.41, 5.74) is 1.04. The third-order valence-corrected chi connectivity index (χ3v) is 3.31. The van der Waals surface area contributed by atoms with E-state index in [0.717, 1.165) is 18.7 Å². The van der Waals surface area contributed by atoms with Crippen molar-refractivity contribution in [2.75, 3.05) is 6.54 Å². The number of aliphatic carboxylic acids is 1. The molecule has 1 aromatic rings. The highest BCUT2D eigenvalue weighted by Crippen LogP contribution is 2.16. The molecule has 1 rings (SSSR count). The maximum atomic E-state index is 12.2. The van der Waals surface area contributed by atoms with Crippen molar-refractivity contribution < 1.29 is 14.7 Å². The van der Waals surface area contributed by atoms with Crippen molar-refractivity contribution in [2.45, 2.75) is 47.6 Å². The quantitative estimate of drug-likeness (QED) is 0.832. The molecule has 1 heterocycles. The molecule has 0 spiro atoms. The minimum Gasteiger partial charge on any atom is -0.481 e. The molecule has 0 bridgehead atoms. The number of hydrogen-bond donors (Lipinski definition) is 2. The average molecular weight is 281 g/mol. The maximum Gasteiger partial charge on any atom is 0.310 e. The van der Waals surface area contributed by atoms with Crippen LogP contribution in [-0.2, 0) is 11.3 Å². The molecule has 0 saturated heterocycles. The Hall–Kier alpha value is -1.85. The lowest BCUT2D eigenvalue weighted by molar-refractivity contribution is -0.146. The van der Waals surface area contributed by atoms with Crippen LogP contribution in [0.5, 0.6) is 0 Å². The van der Waals surface area contributed by atoms with Crippen LogP contribution in [0.25, 0.3) is 0 Å². The summed E-state index contributed by atoms with van der Waals surface area (Å²) in [7, 11) is 0. The van der Waals surface area contributed by atoms with Crippen LogP contribution in [0.1, 0.15) is 48.9 Å². The molecule has 0 aliphatic heterocycles. The number of carbonyl (C=O) groups excluding carboxylic acids is 1. The number of nitrogens with zero attached hydrogens (tertiary/aromatic N) is 2. The standard InChI is InChI=1S/C14H23N3O3/c1-6-7-17-10(3)11(9(2)16-17)12(18)15-8-14(4,5)13(19)20/h6-8H2,1-5H3,(H,15,18)(H,19,20). The first-order chi connectivity index (χ1) is 9.20. The molecule has 0 radical (unpaired) electrons. The highest BCUT2D eigenvalue weighted by atomic mass is 16.4. The molecule has 112 valence electrons. The summed E-state index contributed by atoms with van der Waals surface area (Å²) in [6.07, 6.45) is 0.940. The van der Waals surface area contributed by atoms with Gasteiger partial charge in [0.2, 0.25) is 0 Å². The number of carboxylic acids is 1. The largest absolute Gasteiger partial charge is 0.481 e. The van der Waals surface area contributed by atoms with Crippen molar-refractivity contribution >= 4 is 11.9 Å². The first-order valence-corrected chi connectivity index (χ1v) is 6.76. The van der Waals surface area contributed by atoms with Crippen molar-refractivity contribution in [1.82, 2.24) is 15.1 Å². The number of rotatable bonds is 6. The average Bonchev–Trinajstić information content (AvgIpc) is 2.62. The van der Waals surface area contributed by atoms with Crippen LogP contribution in [0.2, 0.25) is 0 Å². The van der Waals surface area contributed by atoms with Gasteiger partial charge in [-0.3, -0.25) is 14.3 Å². The first-order valence-electron chi connectivity index (χ1n) is 6.76. The Balaban J connectivity index is 2.86. The topological polar surface area (TPSA) is 84.2 Å². The van der Waals surface area contributed by atoms with E-state index in [2.05, 4.69) is 10.4 Å². The summed E-state index contributed by atoms with van der Waals surface area (Å²) in [6.45, 7) is 9.69. The zero-order chi connectivity index (χ0) is 15.5. The Bertz CT molecular complexity index is 518. The van der Waals surface area contributed by atoms with E-state index >= 15 is 0 Å². The fourth-order valence-electron chi connectivity index (χ4n) is 1.92. The lowest BCUT2D eigenvalue weighted by Gasteiger charge is -2.19. The Morgan fingerprint density at radius 2 is 1.95 bits per heavy atom. The predicted octanol–water partition coefficient (Wildman–Crippen LogP) is 1.75. The van der Waals surface area contributed by atoms with Crippen molar-refractivity contribution in [3.05, 3.63) is 17.0 Å². The molecule has 0 saturated carbocycles. The Kier molecular flexibility index (Phi) is 4.92. The number of hydrogen-bond acceptors (Lipinski definition) is 3. The van der Waals surface area contributed by atoms with E-state index < -0.39 is 11.4 Å². The van der Waals surface area contributed by atoms with Crippen molar-refractivity contribution in [3.63, 3.8) is 0 Å². The molecule has 0 aromatic carbocycles. The van der Waals surface area contributed by atoms with Crippen molar-refractivity contribution in [3.8, 4) is 0 Å². The van der Waals surface area contributed by atoms with Crippen LogP contribution in [0.4, 0.5) is 0 Å². The summed E-state index contributed by atoms with van der Waals surface area (Å²) in [4.78, 5) is 23.2. The number of nitrogens with one attached hydrogen (secondary N) is 1. The Morgan fingerprint density at radius 3 is 2.45 bits per heavy atom. The molecule has 1 amide bonds. The minimum atomic E-state index is -0.989. The predicted molar refractivity (Wildman–Crippen MR) is 75.7 cm³/mol. The van der Waals surface area contributed by atoms with Gasteiger partial charge in [-0.1, -0.05) is 6.92 Å². The summed E-state index contributed by atoms with van der Waals surface area (Å²) in [5.74, 6) is -1.20. The number of aromatic nitrogens is 2. The molecule has 1 aromatic heterocycles. The lowest BCUT2D eigenvalue weighted by Crippen LogP contribution is -2.39. The van der Waals surface area contributed by atoms with Gasteiger partial charge in [0.05, 0.1) is 16.7 Å². The number of carboxylic acid groups (broad SMARTS) is 1. The normalized spacial score (nSPS) is 11.4. The van der Waals surface area contributed by atoms with Crippen molar-refractivity contribution in [2.24, 2.45) is 5.41 Å². The molecular formula is C14H23N3O3. The summed E-state index contributed by atoms with van der Waals surface area (Å²) >= 11 is 0. The molecule has 0 unspecified atom stereocenters. The molecule has 2 N–H and O–H groups in total. The van der Waals surface area contributed by atoms with Gasteiger partial charge in [-0.05, 0) is 34.1 Å². The smallest absolute Gasteiger partial charge is 0.310 e. The van der Waals surface area contributed by atoms with E-state index in [1.165, 1.54) is 0 Å². The third-order valence-electron chi connectivity index (χ3n) is 3.31. The molecular weight excluding hydrogens is 258 g/mol. The van der Waals surface area contributed by atoms with Crippen LogP contribution < -0.4 is 5.32 Å². The molecule has 20 heavy (non-hydrogen) atoms. The van der Waals surface area contributed by atoms with Crippen LogP contribution in [0.15, 0.2) is 0 Å². The second-order valence-electron chi connectivity index (χ2n) is 5.64. The summed E-state index contributed by atoms with van der Waals surface area (Å²) in [5, 5.41) is 16.1. The fraction of sp³-hybridized carbons (Fsp3) is 0.643. The van der Waals surface area contributed by atoms with Gasteiger partial charge in [0, 0.05) is 18.8 Å². The number of carbonyl (C=O) groups is 2. The van der Waals surface area contributed by atoms with Gasteiger partial charge in [0.1, 0.15) is 0 Å². The third kappa shape index (κ3) is 3.37. The number of amides is 1. The molecule has 6 heteroatoms. The summed E-state index contributed by atoms with van der Waals surface area (Å²) in [6, 6.07) is 0. The number of aryl methyl sites for hydroxylation is 2. The van der Waals surface area contributed by atoms with E-state index in [0.29, 0.717) is 11.3 Å². The zero-order valence-electron chi connectivity index (χ0n) is 12.8. The van der Waals surface area contributed by atoms with Gasteiger partial charge in [0.25, 0.3) is 5.91 Å². The van der Waals surface area contributed by atoms with E-state index in [1.807, 2.05) is 18.5 Å². The van der Waals surface area contributed by atoms with Gasteiger partial charge in [0.15, 0.2) is 0 Å². The van der Waals surface area contributed by atoms with Crippen molar-refractivity contribution in [1.29, 1.82) is 0 Å². The van der Waals surface area contributed by atoms with Gasteiger partial charge in [-0.2, -0.15) is 5.10 Å². The second kappa shape index (κ2) is 6.07. The second-order valence-corrected chi connectivity index (χ2v) is 5.64. The van der Waals surface area contributed by atoms with Gasteiger partial charge < -0.3 is 10.4 Å². The van der Waals surface area contributed by atoms with Crippen LogP contribution >= 0.6 is 0 Å². The first kappa shape index (κ1) is 16.2. The zero-order valence-corrected chi connectivity index (χ0v) is 12.8. The SMILES string of the molecule is CCCn1nc(C)c(C(=O)NCC(C)(C)C(=O)O)c1C. The van der Waals surface area contributed by atoms with Gasteiger partial charge >= 0.3 is 5.97 Å². The monoisotopic (exact) mass is 281 g/mol. The van der Waals surface area contributed by atoms with Gasteiger partial charge in [-0.15, -0.1) is 0 Å². The van der Waals surface area contributed by atoms with E-state index in [-0.39, 0.29) is 12.5 Å². The van der Waals surface area contributed by atoms with Crippen LogP contribution in [0, 0.1) is 19.3 Å². The molecule has 0 aliphatic carbocycles. The Morgan fingerprint density at radius 1 is 1.35 bits per heavy atom. The van der Waals surface area contributed by atoms with E-state index in [1.54, 1.807) is 20.8 Å². The van der Waals surface area contributed by atoms with Crippen LogP contribution in [-0.4, -0.2) is 33.3 Å². The lowest BCUT2D eigenvalue weighted by atomic mass is 9.94. The fourth-order valence-corrected chi connectivity index (χ4v) is 1.92. The minimum absolute atomic E-state index is 0.0823. The Labute approximate surface area is 119 Å². The highest BCUT2D eigenvalue weighted by Gasteiger charge is 2.28. The van der Waals surface area contributed by atoms with Gasteiger partial charge in [-0.25, -0.2) is 0 Å². The van der Waals surface area contributed by atoms with E-state index in [9.17, 15) is 9.59 Å². The maximum absolute atomic E-state index is 12.2. The highest BCUT2D eigenvalue weighted by molar-refractivity contribution is 5.96. The summed E-state index contributed by atoms with van der Waals surface area (Å²) < 4.78 is 1.81. The molecule has 0 aliphatic rings. The molecule has 0 atom stereocenters. The van der Waals surface area contributed by atoms with E-state index in [4.69, 9.17) is 5.11 Å². The molecule has 0 fully saturated rings.